The van der Waals surface area contributed by atoms with Crippen molar-refractivity contribution in [1.29, 1.82) is 0 Å². The van der Waals surface area contributed by atoms with Crippen LogP contribution in [-0.2, 0) is 23.3 Å². The molecule has 41 heavy (non-hydrogen) atoms. The molecule has 0 amide bonds. The van der Waals surface area contributed by atoms with Crippen LogP contribution in [-0.4, -0.2) is 5.43 Å². The summed E-state index contributed by atoms with van der Waals surface area (Å²) in [7, 11) is 0. The Kier molecular flexibility index (Phi) is 14.4. The van der Waals surface area contributed by atoms with E-state index in [2.05, 4.69) is 162 Å². The van der Waals surface area contributed by atoms with Crippen molar-refractivity contribution in [3.8, 4) is 11.1 Å². The van der Waals surface area contributed by atoms with Crippen LogP contribution >= 0.6 is 24.8 Å². The first-order chi connectivity index (χ1) is 18.8. The summed E-state index contributed by atoms with van der Waals surface area (Å²) in [4.78, 5) is 0. The van der Waals surface area contributed by atoms with Crippen molar-refractivity contribution in [2.45, 2.75) is 34.6 Å². The van der Waals surface area contributed by atoms with E-state index in [1.807, 2.05) is 0 Å². The predicted molar refractivity (Wildman–Crippen MR) is 182 cm³/mol. The van der Waals surface area contributed by atoms with Crippen LogP contribution < -0.4 is 10.4 Å². The van der Waals surface area contributed by atoms with Crippen molar-refractivity contribution in [3.05, 3.63) is 150 Å². The SMILES string of the molecule is CC1=[C-]C(C)C(C)=C1C.Cc1cc2c(-c3ccccc3)cccc2[cH-]1.Cl.Cl.[Zr+2]=[Si](c1ccccc1)c1ccccc1. The van der Waals surface area contributed by atoms with Crippen LogP contribution in [0, 0.1) is 18.9 Å². The van der Waals surface area contributed by atoms with Crippen LogP contribution in [0.2, 0.25) is 0 Å². The van der Waals surface area contributed by atoms with Gasteiger partial charge in [0.2, 0.25) is 0 Å². The molecule has 0 aliphatic heterocycles. The Morgan fingerprint density at radius 3 is 1.63 bits per heavy atom. The normalized spacial score (nSPS) is 13.5. The molecule has 1 atom stereocenters. The molecule has 0 saturated carbocycles. The third-order valence-corrected chi connectivity index (χ3v) is 13.4. The van der Waals surface area contributed by atoms with Gasteiger partial charge in [-0.25, -0.2) is 5.57 Å². The van der Waals surface area contributed by atoms with Gasteiger partial charge in [0, 0.05) is 0 Å². The van der Waals surface area contributed by atoms with Crippen molar-refractivity contribution < 1.29 is 23.3 Å². The Morgan fingerprint density at radius 2 is 1.20 bits per heavy atom. The molecule has 0 heterocycles. The molecule has 1 unspecified atom stereocenters. The van der Waals surface area contributed by atoms with E-state index in [1.165, 1.54) is 54.6 Å². The average molecular weight is 673 g/mol. The van der Waals surface area contributed by atoms with E-state index < -0.39 is 5.43 Å². The number of benzene rings is 4. The molecule has 0 nitrogen and oxygen atoms in total. The summed E-state index contributed by atoms with van der Waals surface area (Å²) in [5.41, 5.74) is 7.74. The van der Waals surface area contributed by atoms with E-state index in [9.17, 15) is 0 Å². The molecule has 0 radical (unpaired) electrons. The van der Waals surface area contributed by atoms with E-state index in [0.717, 1.165) is 0 Å². The van der Waals surface area contributed by atoms with E-state index in [4.69, 9.17) is 0 Å². The van der Waals surface area contributed by atoms with Crippen LogP contribution in [0.5, 0.6) is 0 Å². The number of aryl methyl sites for hydroxylation is 1. The maximum absolute atomic E-state index is 3.36. The van der Waals surface area contributed by atoms with Gasteiger partial charge in [0.25, 0.3) is 0 Å². The zero-order valence-electron chi connectivity index (χ0n) is 24.4. The second-order valence-corrected chi connectivity index (χ2v) is 15.7. The summed E-state index contributed by atoms with van der Waals surface area (Å²) < 4.78 is 0. The van der Waals surface area contributed by atoms with Gasteiger partial charge in [-0.1, -0.05) is 75.6 Å². The molecule has 0 spiro atoms. The van der Waals surface area contributed by atoms with E-state index in [1.54, 1.807) is 23.3 Å². The molecule has 1 aliphatic carbocycles. The molecular formula is C37H38Cl2SiZr. The average Bonchev–Trinajstić information content (AvgIpc) is 3.47. The fourth-order valence-corrected chi connectivity index (χ4v) is 8.64. The Morgan fingerprint density at radius 1 is 0.683 bits per heavy atom. The number of rotatable bonds is 3. The summed E-state index contributed by atoms with van der Waals surface area (Å²) in [5.74, 6) is 0.560. The number of hydrogen-bond acceptors (Lipinski definition) is 0. The molecule has 0 fully saturated rings. The molecule has 4 heteroatoms. The standard InChI is InChI=1S/C16H13.C12H10Si.C9H13.2ClH.Zr/c1-12-10-14-8-5-9-15(16(14)11-12)13-6-3-2-4-7-13;1-3-7-11(8-4-1)13-12-9-5-2-6-10-12;1-6-5-7(2)9(4)8(6)3;;;/h2-11H,1H3;1-10H;6H,1-4H3;2*1H;/q-1;;-1;;;+2. The van der Waals surface area contributed by atoms with Gasteiger partial charge in [-0.05, 0) is 5.56 Å². The fraction of sp³-hybridized carbons (Fsp3) is 0.162. The fourth-order valence-electron chi connectivity index (χ4n) is 4.79. The van der Waals surface area contributed by atoms with E-state index in [-0.39, 0.29) is 24.8 Å². The van der Waals surface area contributed by atoms with Crippen LogP contribution in [0.25, 0.3) is 21.9 Å². The Bertz CT molecular complexity index is 1560. The summed E-state index contributed by atoms with van der Waals surface area (Å²) in [6.45, 7) is 10.8. The van der Waals surface area contributed by atoms with Crippen molar-refractivity contribution in [2.75, 3.05) is 0 Å². The quantitative estimate of drug-likeness (QED) is 0.132. The van der Waals surface area contributed by atoms with Gasteiger partial charge < -0.3 is 0 Å². The van der Waals surface area contributed by atoms with Crippen molar-refractivity contribution in [1.82, 2.24) is 0 Å². The molecule has 0 bridgehead atoms. The number of halogens is 2. The Balaban J connectivity index is 0.000000218. The molecule has 6 rings (SSSR count). The first-order valence-corrected chi connectivity index (χ1v) is 18.7. The first-order valence-electron chi connectivity index (χ1n) is 13.5. The maximum atomic E-state index is 3.36. The van der Waals surface area contributed by atoms with Crippen LogP contribution in [0.1, 0.15) is 33.3 Å². The van der Waals surface area contributed by atoms with Crippen molar-refractivity contribution in [3.63, 3.8) is 0 Å². The Labute approximate surface area is 274 Å². The zero-order valence-corrected chi connectivity index (χ0v) is 29.5. The Hall–Kier alpha value is -2.35. The second kappa shape index (κ2) is 16.9. The van der Waals surface area contributed by atoms with Gasteiger partial charge in [-0.2, -0.15) is 17.2 Å². The predicted octanol–water partition coefficient (Wildman–Crippen LogP) is 9.44. The monoisotopic (exact) mass is 670 g/mol. The van der Waals surface area contributed by atoms with Crippen molar-refractivity contribution in [2.24, 2.45) is 5.92 Å². The molecule has 1 aliphatic rings. The number of hydrogen-bond donors (Lipinski definition) is 0. The van der Waals surface area contributed by atoms with E-state index in [0.29, 0.717) is 5.92 Å². The third-order valence-electron chi connectivity index (χ3n) is 7.34. The van der Waals surface area contributed by atoms with Gasteiger partial charge in [-0.3, -0.25) is 6.08 Å². The molecule has 5 aromatic rings. The van der Waals surface area contributed by atoms with Gasteiger partial charge in [0.05, 0.1) is 0 Å². The van der Waals surface area contributed by atoms with E-state index >= 15 is 0 Å². The molecule has 0 N–H and O–H groups in total. The molecule has 0 aromatic heterocycles. The van der Waals surface area contributed by atoms with Crippen LogP contribution in [0.4, 0.5) is 0 Å². The zero-order chi connectivity index (χ0) is 27.8. The molecular weight excluding hydrogens is 635 g/mol. The number of fused-ring (bicyclic) bond motifs is 1. The van der Waals surface area contributed by atoms with Gasteiger partial charge in [0.15, 0.2) is 0 Å². The second-order valence-electron chi connectivity index (χ2n) is 10.1. The summed E-state index contributed by atoms with van der Waals surface area (Å²) in [6, 6.07) is 43.2. The third kappa shape index (κ3) is 9.32. The van der Waals surface area contributed by atoms with Gasteiger partial charge in [0.1, 0.15) is 0 Å². The molecule has 208 valence electrons. The summed E-state index contributed by atoms with van der Waals surface area (Å²) >= 11 is 1.64. The molecule has 5 aromatic carbocycles. The molecule has 0 saturated heterocycles. The van der Waals surface area contributed by atoms with Crippen LogP contribution in [0.3, 0.4) is 0 Å². The van der Waals surface area contributed by atoms with Crippen molar-refractivity contribution >= 4 is 51.4 Å². The number of allylic oxidation sites excluding steroid dienone is 4. The minimum atomic E-state index is -0.455. The summed E-state index contributed by atoms with van der Waals surface area (Å²) in [5, 5.41) is 5.72. The summed E-state index contributed by atoms with van der Waals surface area (Å²) in [6.07, 6.45) is 3.36. The van der Waals surface area contributed by atoms with Gasteiger partial charge >= 0.3 is 99.8 Å². The minimum absolute atomic E-state index is 0. The van der Waals surface area contributed by atoms with Crippen LogP contribution in [0.15, 0.2) is 138 Å². The van der Waals surface area contributed by atoms with Gasteiger partial charge in [-0.15, -0.1) is 66.3 Å². The topological polar surface area (TPSA) is 0 Å². The first kappa shape index (κ1) is 34.8.